The third-order valence-electron chi connectivity index (χ3n) is 4.80. The number of benzene rings is 1. The summed E-state index contributed by atoms with van der Waals surface area (Å²) in [7, 11) is -3.73. The van der Waals surface area contributed by atoms with Gasteiger partial charge in [0.2, 0.25) is 5.95 Å². The third kappa shape index (κ3) is 7.14. The van der Waals surface area contributed by atoms with Crippen LogP contribution in [0.25, 0.3) is 5.65 Å². The smallest absolute Gasteiger partial charge is 0.350 e. The summed E-state index contributed by atoms with van der Waals surface area (Å²) in [6.45, 7) is 8.58. The topological polar surface area (TPSA) is 163 Å². The van der Waals surface area contributed by atoms with Gasteiger partial charge in [0.15, 0.2) is 5.65 Å². The van der Waals surface area contributed by atoms with Crippen LogP contribution in [0.4, 0.5) is 5.95 Å². The molecule has 13 heteroatoms. The van der Waals surface area contributed by atoms with Gasteiger partial charge in [-0.05, 0) is 46.8 Å². The van der Waals surface area contributed by atoms with Crippen LogP contribution in [-0.2, 0) is 25.3 Å². The lowest BCUT2D eigenvalue weighted by Gasteiger charge is -2.29. The van der Waals surface area contributed by atoms with Crippen LogP contribution in [0.2, 0.25) is 0 Å². The third-order valence-corrected chi connectivity index (χ3v) is 6.56. The lowest BCUT2D eigenvalue weighted by atomic mass is 10.0. The van der Waals surface area contributed by atoms with E-state index < -0.39 is 30.8 Å². The first-order valence-electron chi connectivity index (χ1n) is 11.1. The molecule has 2 aromatic heterocycles. The zero-order valence-corrected chi connectivity index (χ0v) is 21.2. The van der Waals surface area contributed by atoms with Gasteiger partial charge in [0.1, 0.15) is 18.1 Å². The van der Waals surface area contributed by atoms with Crippen molar-refractivity contribution >= 4 is 25.1 Å². The Morgan fingerprint density at radius 3 is 2.60 bits per heavy atom. The molecule has 0 aliphatic carbocycles. The van der Waals surface area contributed by atoms with Gasteiger partial charge in [-0.25, -0.2) is 9.88 Å². The van der Waals surface area contributed by atoms with Gasteiger partial charge in [0.25, 0.3) is 0 Å². The SMILES string of the molecule is CC(C)OC(=O)[C@H](C)N[P@@](=O)(COC(C)(C)Cc1cnn2c(=O)[nH]c(N)nc12)Oc1ccccc1. The predicted molar refractivity (Wildman–Crippen MR) is 130 cm³/mol. The second kappa shape index (κ2) is 10.6. The van der Waals surface area contributed by atoms with Crippen LogP contribution in [-0.4, -0.2) is 49.6 Å². The average Bonchev–Trinajstić information content (AvgIpc) is 3.15. The van der Waals surface area contributed by atoms with Crippen molar-refractivity contribution in [3.63, 3.8) is 0 Å². The number of carbonyl (C=O) groups excluding carboxylic acids is 1. The molecule has 0 saturated carbocycles. The zero-order valence-electron chi connectivity index (χ0n) is 20.3. The van der Waals surface area contributed by atoms with Crippen molar-refractivity contribution < 1.29 is 23.4 Å². The Morgan fingerprint density at radius 2 is 1.94 bits per heavy atom. The molecule has 0 amide bonds. The maximum absolute atomic E-state index is 13.8. The molecule has 35 heavy (non-hydrogen) atoms. The van der Waals surface area contributed by atoms with Crippen LogP contribution in [0.1, 0.15) is 40.2 Å². The van der Waals surface area contributed by atoms with Crippen LogP contribution in [0.15, 0.2) is 41.3 Å². The number of nitrogen functional groups attached to an aromatic ring is 1. The van der Waals surface area contributed by atoms with Crippen molar-refractivity contribution in [1.82, 2.24) is 24.7 Å². The Bertz CT molecular complexity index is 1270. The van der Waals surface area contributed by atoms with Gasteiger partial charge in [-0.15, -0.1) is 0 Å². The lowest BCUT2D eigenvalue weighted by Crippen LogP contribution is -2.38. The Labute approximate surface area is 202 Å². The second-order valence-corrected chi connectivity index (χ2v) is 11.0. The van der Waals surface area contributed by atoms with E-state index in [1.54, 1.807) is 65.0 Å². The maximum atomic E-state index is 13.8. The average molecular weight is 507 g/mol. The lowest BCUT2D eigenvalue weighted by molar-refractivity contribution is -0.149. The molecule has 0 unspecified atom stereocenters. The molecule has 0 aliphatic heterocycles. The van der Waals surface area contributed by atoms with Gasteiger partial charge in [-0.3, -0.25) is 14.3 Å². The Kier molecular flexibility index (Phi) is 7.99. The summed E-state index contributed by atoms with van der Waals surface area (Å²) in [4.78, 5) is 30.9. The summed E-state index contributed by atoms with van der Waals surface area (Å²) in [6, 6.07) is 7.69. The molecule has 4 N–H and O–H groups in total. The van der Waals surface area contributed by atoms with Crippen LogP contribution in [0, 0.1) is 0 Å². The fraction of sp³-hybridized carbons (Fsp3) is 0.455. The van der Waals surface area contributed by atoms with Gasteiger partial charge in [0, 0.05) is 12.0 Å². The van der Waals surface area contributed by atoms with E-state index >= 15 is 0 Å². The van der Waals surface area contributed by atoms with E-state index in [9.17, 15) is 14.2 Å². The summed E-state index contributed by atoms with van der Waals surface area (Å²) >= 11 is 0. The summed E-state index contributed by atoms with van der Waals surface area (Å²) in [6.07, 6.45) is 1.12. The molecule has 0 saturated heterocycles. The fourth-order valence-corrected chi connectivity index (χ4v) is 5.12. The van der Waals surface area contributed by atoms with E-state index in [1.807, 2.05) is 0 Å². The minimum absolute atomic E-state index is 0.0322. The van der Waals surface area contributed by atoms with Gasteiger partial charge in [0.05, 0.1) is 17.9 Å². The van der Waals surface area contributed by atoms with E-state index in [0.717, 1.165) is 4.52 Å². The number of aromatic amines is 1. The number of para-hydroxylation sites is 1. The molecule has 0 radical (unpaired) electrons. The highest BCUT2D eigenvalue weighted by atomic mass is 31.2. The fourth-order valence-electron chi connectivity index (χ4n) is 3.27. The monoisotopic (exact) mass is 506 g/mol. The van der Waals surface area contributed by atoms with Crippen LogP contribution < -0.4 is 21.0 Å². The largest absolute Gasteiger partial charge is 0.462 e. The number of nitrogens with two attached hydrogens (primary N) is 1. The molecule has 0 spiro atoms. The predicted octanol–water partition coefficient (Wildman–Crippen LogP) is 2.50. The van der Waals surface area contributed by atoms with Crippen molar-refractivity contribution in [2.45, 2.75) is 58.8 Å². The van der Waals surface area contributed by atoms with Crippen LogP contribution in [0.3, 0.4) is 0 Å². The normalized spacial score (nSPS) is 14.6. The Morgan fingerprint density at radius 1 is 1.26 bits per heavy atom. The molecule has 3 rings (SSSR count). The standard InChI is InChI=1S/C22H31N6O6P/c1-14(2)33-19(29)15(3)27-35(31,34-17-9-7-6-8-10-17)13-32-22(4,5)11-16-12-24-28-18(16)25-20(23)26-21(28)30/h6-10,12,14-15H,11,13H2,1-5H3,(H,27,31)(H3,23,25,26,30)/t15-,35+/m0/s1. The number of ether oxygens (including phenoxy) is 2. The van der Waals surface area contributed by atoms with E-state index in [1.165, 1.54) is 6.20 Å². The first-order valence-corrected chi connectivity index (χ1v) is 12.9. The molecule has 0 aliphatic rings. The number of fused-ring (bicyclic) bond motifs is 1. The van der Waals surface area contributed by atoms with Crippen LogP contribution in [0.5, 0.6) is 5.75 Å². The summed E-state index contributed by atoms with van der Waals surface area (Å²) < 4.78 is 31.9. The Hall–Kier alpha value is -3.21. The van der Waals surface area contributed by atoms with E-state index in [0.29, 0.717) is 17.0 Å². The number of nitrogens with zero attached hydrogens (tertiary/aromatic N) is 3. The van der Waals surface area contributed by atoms with Crippen molar-refractivity contribution in [2.24, 2.45) is 0 Å². The summed E-state index contributed by atoms with van der Waals surface area (Å²) in [5, 5.41) is 6.81. The Balaban J connectivity index is 1.78. The highest BCUT2D eigenvalue weighted by Crippen LogP contribution is 2.45. The highest BCUT2D eigenvalue weighted by molar-refractivity contribution is 7.57. The number of hydrogen-bond donors (Lipinski definition) is 3. The molecule has 1 aromatic carbocycles. The minimum Gasteiger partial charge on any atom is -0.462 e. The van der Waals surface area contributed by atoms with Crippen molar-refractivity contribution in [3.05, 3.63) is 52.6 Å². The molecular formula is C22H31N6O6P. The molecule has 0 bridgehead atoms. The molecule has 12 nitrogen and oxygen atoms in total. The van der Waals surface area contributed by atoms with Gasteiger partial charge < -0.3 is 19.7 Å². The summed E-state index contributed by atoms with van der Waals surface area (Å²) in [5.41, 5.74) is 5.20. The first-order chi connectivity index (χ1) is 16.4. The maximum Gasteiger partial charge on any atom is 0.350 e. The second-order valence-electron chi connectivity index (χ2n) is 8.96. The van der Waals surface area contributed by atoms with Gasteiger partial charge in [-0.2, -0.15) is 14.6 Å². The number of H-pyrrole nitrogens is 1. The van der Waals surface area contributed by atoms with Crippen molar-refractivity contribution in [3.8, 4) is 5.75 Å². The van der Waals surface area contributed by atoms with Gasteiger partial charge >= 0.3 is 19.2 Å². The first kappa shape index (κ1) is 26.4. The van der Waals surface area contributed by atoms with E-state index in [-0.39, 0.29) is 24.8 Å². The number of esters is 1. The van der Waals surface area contributed by atoms with Crippen molar-refractivity contribution in [1.29, 1.82) is 0 Å². The molecule has 2 atom stereocenters. The number of nitrogens with one attached hydrogen (secondary N) is 2. The quantitative estimate of drug-likeness (QED) is 0.260. The van der Waals surface area contributed by atoms with E-state index in [4.69, 9.17) is 19.7 Å². The number of hydrogen-bond acceptors (Lipinski definition) is 9. The number of anilines is 1. The van der Waals surface area contributed by atoms with Gasteiger partial charge in [-0.1, -0.05) is 18.2 Å². The number of rotatable bonds is 11. The highest BCUT2D eigenvalue weighted by Gasteiger charge is 2.34. The minimum atomic E-state index is -3.73. The van der Waals surface area contributed by atoms with Crippen LogP contribution >= 0.6 is 7.52 Å². The number of carbonyl (C=O) groups is 1. The molecule has 190 valence electrons. The molecule has 3 aromatic rings. The molecular weight excluding hydrogens is 475 g/mol. The zero-order chi connectivity index (χ0) is 25.8. The number of aromatic nitrogens is 4. The van der Waals surface area contributed by atoms with E-state index in [2.05, 4.69) is 20.2 Å². The summed E-state index contributed by atoms with van der Waals surface area (Å²) in [5.74, 6) is -0.234. The molecule has 0 fully saturated rings. The van der Waals surface area contributed by atoms with Crippen molar-refractivity contribution in [2.75, 3.05) is 12.1 Å². The molecule has 2 heterocycles.